The van der Waals surface area contributed by atoms with Crippen LogP contribution in [0.25, 0.3) is 0 Å². The fraction of sp³-hybridized carbons (Fsp3) is 0.150. The van der Waals surface area contributed by atoms with Gasteiger partial charge in [0.2, 0.25) is 0 Å². The van der Waals surface area contributed by atoms with Crippen molar-refractivity contribution in [3.8, 4) is 11.5 Å². The molecule has 3 aromatic rings. The standard InChI is InChI=1S/C20H14Cl5NO4/c1-2-28-11-5-3-10(4-6-11)26-20(27)13-8-7-12(30-13)9-29-19-17(24)15(22)14(21)16(23)18(19)25/h3-8H,2,9H2,1H3,(H,26,27). The lowest BCUT2D eigenvalue weighted by molar-refractivity contribution is 0.0992. The molecule has 0 saturated carbocycles. The Morgan fingerprint density at radius 1 is 0.867 bits per heavy atom. The number of rotatable bonds is 7. The van der Waals surface area contributed by atoms with Crippen LogP contribution in [0.5, 0.6) is 11.5 Å². The zero-order valence-corrected chi connectivity index (χ0v) is 19.2. The minimum absolute atomic E-state index is 0.0242. The summed E-state index contributed by atoms with van der Waals surface area (Å²) in [5, 5.41) is 2.87. The van der Waals surface area contributed by atoms with E-state index in [1.165, 1.54) is 6.07 Å². The number of halogens is 5. The third-order valence-corrected chi connectivity index (χ3v) is 6.08. The molecular formula is C20H14Cl5NO4. The summed E-state index contributed by atoms with van der Waals surface area (Å²) >= 11 is 30.3. The highest BCUT2D eigenvalue weighted by Crippen LogP contribution is 2.48. The van der Waals surface area contributed by atoms with Crippen molar-refractivity contribution in [1.29, 1.82) is 0 Å². The number of amides is 1. The molecule has 0 spiro atoms. The van der Waals surface area contributed by atoms with Crippen molar-refractivity contribution < 1.29 is 18.7 Å². The number of furan rings is 1. The predicted molar refractivity (Wildman–Crippen MR) is 120 cm³/mol. The van der Waals surface area contributed by atoms with Gasteiger partial charge in [-0.25, -0.2) is 0 Å². The van der Waals surface area contributed by atoms with Gasteiger partial charge in [-0.2, -0.15) is 0 Å². The van der Waals surface area contributed by atoms with E-state index >= 15 is 0 Å². The molecule has 0 atom stereocenters. The third-order valence-electron chi connectivity index (χ3n) is 3.84. The quantitative estimate of drug-likeness (QED) is 0.261. The molecule has 1 N–H and O–H groups in total. The van der Waals surface area contributed by atoms with Crippen molar-refractivity contribution in [2.75, 3.05) is 11.9 Å². The van der Waals surface area contributed by atoms with Crippen LogP contribution in [-0.4, -0.2) is 12.5 Å². The lowest BCUT2D eigenvalue weighted by Crippen LogP contribution is -2.10. The van der Waals surface area contributed by atoms with Crippen LogP contribution < -0.4 is 14.8 Å². The summed E-state index contributed by atoms with van der Waals surface area (Å²) in [6.45, 7) is 2.39. The summed E-state index contributed by atoms with van der Waals surface area (Å²) < 4.78 is 16.5. The highest BCUT2D eigenvalue weighted by Gasteiger charge is 2.21. The van der Waals surface area contributed by atoms with Gasteiger partial charge in [0, 0.05) is 5.69 Å². The van der Waals surface area contributed by atoms with E-state index in [2.05, 4.69) is 5.32 Å². The Balaban J connectivity index is 1.66. The second-order valence-electron chi connectivity index (χ2n) is 5.87. The predicted octanol–water partition coefficient (Wildman–Crippen LogP) is 7.78. The average molecular weight is 510 g/mol. The minimum Gasteiger partial charge on any atom is -0.494 e. The molecule has 0 aliphatic carbocycles. The molecule has 1 heterocycles. The van der Waals surface area contributed by atoms with Crippen LogP contribution in [0.4, 0.5) is 5.69 Å². The summed E-state index contributed by atoms with van der Waals surface area (Å²) in [5.74, 6) is 0.828. The number of benzene rings is 2. The van der Waals surface area contributed by atoms with Crippen LogP contribution >= 0.6 is 58.0 Å². The Labute approximate surface area is 197 Å². The van der Waals surface area contributed by atoms with Gasteiger partial charge in [0.05, 0.1) is 21.7 Å². The summed E-state index contributed by atoms with van der Waals surface area (Å²) in [6.07, 6.45) is 0. The normalized spacial score (nSPS) is 10.7. The topological polar surface area (TPSA) is 60.7 Å². The van der Waals surface area contributed by atoms with Crippen molar-refractivity contribution in [3.05, 3.63) is 73.0 Å². The van der Waals surface area contributed by atoms with E-state index in [4.69, 9.17) is 71.9 Å². The van der Waals surface area contributed by atoms with Crippen LogP contribution in [0.3, 0.4) is 0 Å². The molecule has 5 nitrogen and oxygen atoms in total. The molecule has 1 amide bonds. The fourth-order valence-electron chi connectivity index (χ4n) is 2.43. The van der Waals surface area contributed by atoms with Gasteiger partial charge in [0.1, 0.15) is 28.2 Å². The maximum atomic E-state index is 12.4. The Morgan fingerprint density at radius 2 is 1.47 bits per heavy atom. The first kappa shape index (κ1) is 22.9. The van der Waals surface area contributed by atoms with Crippen LogP contribution in [-0.2, 0) is 6.61 Å². The van der Waals surface area contributed by atoms with E-state index in [1.807, 2.05) is 6.92 Å². The van der Waals surface area contributed by atoms with Gasteiger partial charge in [0.25, 0.3) is 5.91 Å². The number of carbonyl (C=O) groups excluding carboxylic acids is 1. The molecule has 0 fully saturated rings. The number of carbonyl (C=O) groups is 1. The van der Waals surface area contributed by atoms with Gasteiger partial charge < -0.3 is 19.2 Å². The molecule has 0 unspecified atom stereocenters. The number of hydrogen-bond acceptors (Lipinski definition) is 4. The maximum absolute atomic E-state index is 12.4. The molecule has 0 aliphatic heterocycles. The molecule has 1 aromatic heterocycles. The Hall–Kier alpha value is -1.76. The first-order valence-corrected chi connectivity index (χ1v) is 10.5. The molecule has 158 valence electrons. The van der Waals surface area contributed by atoms with E-state index in [9.17, 15) is 4.79 Å². The lowest BCUT2D eigenvalue weighted by Gasteiger charge is -2.12. The van der Waals surface area contributed by atoms with E-state index in [0.717, 1.165) is 0 Å². The molecule has 30 heavy (non-hydrogen) atoms. The zero-order valence-electron chi connectivity index (χ0n) is 15.4. The first-order chi connectivity index (χ1) is 14.3. The van der Waals surface area contributed by atoms with E-state index in [0.29, 0.717) is 23.8 Å². The summed E-state index contributed by atoms with van der Waals surface area (Å²) in [6, 6.07) is 10.1. The molecule has 2 aromatic carbocycles. The summed E-state index contributed by atoms with van der Waals surface area (Å²) in [7, 11) is 0. The number of hydrogen-bond donors (Lipinski definition) is 1. The SMILES string of the molecule is CCOc1ccc(NC(=O)c2ccc(COc3c(Cl)c(Cl)c(Cl)c(Cl)c3Cl)o2)cc1. The number of nitrogens with one attached hydrogen (secondary N) is 1. The zero-order chi connectivity index (χ0) is 21.8. The average Bonchev–Trinajstić information content (AvgIpc) is 3.21. The van der Waals surface area contributed by atoms with Gasteiger partial charge in [-0.05, 0) is 43.3 Å². The van der Waals surface area contributed by atoms with Crippen molar-refractivity contribution in [1.82, 2.24) is 0 Å². The minimum atomic E-state index is -0.418. The monoisotopic (exact) mass is 507 g/mol. The van der Waals surface area contributed by atoms with E-state index in [-0.39, 0.29) is 43.2 Å². The highest BCUT2D eigenvalue weighted by molar-refractivity contribution is 6.55. The van der Waals surface area contributed by atoms with Gasteiger partial charge in [0.15, 0.2) is 11.5 Å². The molecule has 0 aliphatic rings. The number of ether oxygens (including phenoxy) is 2. The lowest BCUT2D eigenvalue weighted by atomic mass is 10.3. The Morgan fingerprint density at radius 3 is 2.07 bits per heavy atom. The van der Waals surface area contributed by atoms with Crippen LogP contribution in [0.2, 0.25) is 25.1 Å². The highest BCUT2D eigenvalue weighted by atomic mass is 35.5. The van der Waals surface area contributed by atoms with Gasteiger partial charge in [-0.1, -0.05) is 58.0 Å². The van der Waals surface area contributed by atoms with Crippen LogP contribution in [0.15, 0.2) is 40.8 Å². The van der Waals surface area contributed by atoms with Crippen LogP contribution in [0, 0.1) is 0 Å². The summed E-state index contributed by atoms with van der Waals surface area (Å²) in [4.78, 5) is 12.4. The molecule has 0 bridgehead atoms. The Bertz CT molecular complexity index is 1040. The van der Waals surface area contributed by atoms with Crippen molar-refractivity contribution >= 4 is 69.6 Å². The molecule has 3 rings (SSSR count). The molecule has 10 heteroatoms. The maximum Gasteiger partial charge on any atom is 0.291 e. The summed E-state index contributed by atoms with van der Waals surface area (Å²) in [5.41, 5.74) is 0.599. The fourth-order valence-corrected chi connectivity index (χ4v) is 3.66. The van der Waals surface area contributed by atoms with Crippen LogP contribution in [0.1, 0.15) is 23.2 Å². The Kier molecular flexibility index (Phi) is 7.66. The van der Waals surface area contributed by atoms with Gasteiger partial charge in [-0.3, -0.25) is 4.79 Å². The number of anilines is 1. The second-order valence-corrected chi connectivity index (χ2v) is 7.76. The molecule has 0 radical (unpaired) electrons. The van der Waals surface area contributed by atoms with Crippen molar-refractivity contribution in [3.63, 3.8) is 0 Å². The van der Waals surface area contributed by atoms with E-state index < -0.39 is 5.91 Å². The first-order valence-electron chi connectivity index (χ1n) is 8.59. The largest absolute Gasteiger partial charge is 0.494 e. The third kappa shape index (κ3) is 5.10. The van der Waals surface area contributed by atoms with Gasteiger partial charge >= 0.3 is 0 Å². The van der Waals surface area contributed by atoms with Gasteiger partial charge in [-0.15, -0.1) is 0 Å². The molecule has 0 saturated heterocycles. The van der Waals surface area contributed by atoms with Crippen molar-refractivity contribution in [2.24, 2.45) is 0 Å². The van der Waals surface area contributed by atoms with E-state index in [1.54, 1.807) is 30.3 Å². The van der Waals surface area contributed by atoms with Crippen molar-refractivity contribution in [2.45, 2.75) is 13.5 Å². The second kappa shape index (κ2) is 10.0. The smallest absolute Gasteiger partial charge is 0.291 e. The molecular weight excluding hydrogens is 495 g/mol.